The molecule has 2 aromatic rings. The number of carbonyl (C=O) groups is 2. The summed E-state index contributed by atoms with van der Waals surface area (Å²) in [5, 5.41) is 2.79. The number of nitrogens with zero attached hydrogens (tertiary/aromatic N) is 1. The molecule has 0 aliphatic carbocycles. The SMILES string of the molecule is CC(=O)N(CCC(=O)NCCc1ccccc1F)c1cccc(C)c1C. The summed E-state index contributed by atoms with van der Waals surface area (Å²) < 4.78 is 13.6. The van der Waals surface area contributed by atoms with Crippen LogP contribution in [0.1, 0.15) is 30.0 Å². The van der Waals surface area contributed by atoms with Crippen molar-refractivity contribution in [2.24, 2.45) is 0 Å². The summed E-state index contributed by atoms with van der Waals surface area (Å²) in [6.07, 6.45) is 0.635. The van der Waals surface area contributed by atoms with E-state index in [4.69, 9.17) is 0 Å². The van der Waals surface area contributed by atoms with Gasteiger partial charge in [-0.1, -0.05) is 30.3 Å². The van der Waals surface area contributed by atoms with Crippen LogP contribution in [0.25, 0.3) is 0 Å². The van der Waals surface area contributed by atoms with E-state index in [-0.39, 0.29) is 24.1 Å². The van der Waals surface area contributed by atoms with Crippen LogP contribution in [0.3, 0.4) is 0 Å². The smallest absolute Gasteiger partial charge is 0.223 e. The average molecular weight is 356 g/mol. The number of halogens is 1. The van der Waals surface area contributed by atoms with Gasteiger partial charge in [0.25, 0.3) is 0 Å². The second-order valence-electron chi connectivity index (χ2n) is 6.33. The number of carbonyl (C=O) groups excluding carboxylic acids is 2. The summed E-state index contributed by atoms with van der Waals surface area (Å²) in [5.41, 5.74) is 3.54. The molecule has 0 aliphatic rings. The molecule has 4 nitrogen and oxygen atoms in total. The molecule has 2 amide bonds. The van der Waals surface area contributed by atoms with Gasteiger partial charge in [-0.15, -0.1) is 0 Å². The predicted octanol–water partition coefficient (Wildman–Crippen LogP) is 3.54. The molecular formula is C21H25FN2O2. The third-order valence-corrected chi connectivity index (χ3v) is 4.48. The van der Waals surface area contributed by atoms with Crippen molar-refractivity contribution in [1.29, 1.82) is 0 Å². The van der Waals surface area contributed by atoms with Crippen molar-refractivity contribution < 1.29 is 14.0 Å². The van der Waals surface area contributed by atoms with Gasteiger partial charge < -0.3 is 10.2 Å². The van der Waals surface area contributed by atoms with Crippen molar-refractivity contribution in [2.75, 3.05) is 18.0 Å². The van der Waals surface area contributed by atoms with Crippen molar-refractivity contribution in [2.45, 2.75) is 33.6 Å². The summed E-state index contributed by atoms with van der Waals surface area (Å²) in [6.45, 7) is 6.13. The Kier molecular flexibility index (Phi) is 6.89. The van der Waals surface area contributed by atoms with Crippen molar-refractivity contribution in [3.8, 4) is 0 Å². The number of hydrogen-bond acceptors (Lipinski definition) is 2. The quantitative estimate of drug-likeness (QED) is 0.825. The maximum Gasteiger partial charge on any atom is 0.223 e. The van der Waals surface area contributed by atoms with Crippen LogP contribution in [0.2, 0.25) is 0 Å². The van der Waals surface area contributed by atoms with Gasteiger partial charge in [0.2, 0.25) is 11.8 Å². The standard InChI is InChI=1S/C21H25FN2O2/c1-15-7-6-10-20(16(15)2)24(17(3)25)14-12-21(26)23-13-11-18-8-4-5-9-19(18)22/h4-10H,11-14H2,1-3H3,(H,23,26). The fourth-order valence-corrected chi connectivity index (χ4v) is 2.82. The van der Waals surface area contributed by atoms with Crippen LogP contribution >= 0.6 is 0 Å². The molecule has 2 aromatic carbocycles. The first-order valence-corrected chi connectivity index (χ1v) is 8.74. The minimum absolute atomic E-state index is 0.0992. The van der Waals surface area contributed by atoms with Gasteiger partial charge in [0.05, 0.1) is 0 Å². The number of benzene rings is 2. The van der Waals surface area contributed by atoms with Crippen LogP contribution in [-0.4, -0.2) is 24.9 Å². The number of hydrogen-bond donors (Lipinski definition) is 1. The van der Waals surface area contributed by atoms with Crippen LogP contribution in [0, 0.1) is 19.7 Å². The number of amides is 2. The van der Waals surface area contributed by atoms with Crippen molar-refractivity contribution in [3.05, 3.63) is 65.0 Å². The van der Waals surface area contributed by atoms with Crippen LogP contribution < -0.4 is 10.2 Å². The van der Waals surface area contributed by atoms with Gasteiger partial charge in [-0.2, -0.15) is 0 Å². The maximum atomic E-state index is 13.6. The summed E-state index contributed by atoms with van der Waals surface area (Å²) in [5.74, 6) is -0.518. The Morgan fingerprint density at radius 3 is 2.50 bits per heavy atom. The lowest BCUT2D eigenvalue weighted by molar-refractivity contribution is -0.121. The lowest BCUT2D eigenvalue weighted by Gasteiger charge is -2.23. The molecule has 1 N–H and O–H groups in total. The Morgan fingerprint density at radius 2 is 1.81 bits per heavy atom. The van der Waals surface area contributed by atoms with Crippen molar-refractivity contribution in [3.63, 3.8) is 0 Å². The first-order chi connectivity index (χ1) is 12.4. The normalized spacial score (nSPS) is 10.5. The highest BCUT2D eigenvalue weighted by atomic mass is 19.1. The Morgan fingerprint density at radius 1 is 1.08 bits per heavy atom. The van der Waals surface area contributed by atoms with Crippen molar-refractivity contribution in [1.82, 2.24) is 5.32 Å². The summed E-state index contributed by atoms with van der Waals surface area (Å²) >= 11 is 0. The molecule has 0 radical (unpaired) electrons. The van der Waals surface area contributed by atoms with Gasteiger partial charge in [0.1, 0.15) is 5.82 Å². The second-order valence-corrected chi connectivity index (χ2v) is 6.33. The number of anilines is 1. The molecule has 0 aromatic heterocycles. The molecule has 2 rings (SSSR count). The molecule has 0 fully saturated rings. The van der Waals surface area contributed by atoms with E-state index >= 15 is 0 Å². The lowest BCUT2D eigenvalue weighted by atomic mass is 10.1. The largest absolute Gasteiger partial charge is 0.356 e. The molecule has 0 aliphatic heterocycles. The number of aryl methyl sites for hydroxylation is 1. The van der Waals surface area contributed by atoms with Crippen LogP contribution in [0.5, 0.6) is 0 Å². The maximum absolute atomic E-state index is 13.6. The van der Waals surface area contributed by atoms with E-state index in [2.05, 4.69) is 5.32 Å². The molecule has 0 heterocycles. The van der Waals surface area contributed by atoms with Gasteiger partial charge in [-0.3, -0.25) is 9.59 Å². The molecule has 5 heteroatoms. The number of nitrogens with one attached hydrogen (secondary N) is 1. The zero-order valence-corrected chi connectivity index (χ0v) is 15.5. The fourth-order valence-electron chi connectivity index (χ4n) is 2.82. The molecule has 26 heavy (non-hydrogen) atoms. The predicted molar refractivity (Wildman–Crippen MR) is 102 cm³/mol. The Labute approximate surface area is 154 Å². The molecule has 0 saturated carbocycles. The summed E-state index contributed by atoms with van der Waals surface area (Å²) in [7, 11) is 0. The van der Waals surface area contributed by atoms with Crippen LogP contribution in [-0.2, 0) is 16.0 Å². The van der Waals surface area contributed by atoms with E-state index in [9.17, 15) is 14.0 Å². The first-order valence-electron chi connectivity index (χ1n) is 8.74. The second kappa shape index (κ2) is 9.13. The molecule has 0 atom stereocenters. The van der Waals surface area contributed by atoms with Gasteiger partial charge in [-0.25, -0.2) is 4.39 Å². The third kappa shape index (κ3) is 5.15. The monoisotopic (exact) mass is 356 g/mol. The van der Waals surface area contributed by atoms with Crippen LogP contribution in [0.15, 0.2) is 42.5 Å². The zero-order chi connectivity index (χ0) is 19.1. The van der Waals surface area contributed by atoms with Crippen LogP contribution in [0.4, 0.5) is 10.1 Å². The zero-order valence-electron chi connectivity index (χ0n) is 15.5. The number of rotatable bonds is 7. The average Bonchev–Trinajstić information content (AvgIpc) is 2.60. The lowest BCUT2D eigenvalue weighted by Crippen LogP contribution is -2.35. The van der Waals surface area contributed by atoms with E-state index in [0.29, 0.717) is 25.1 Å². The Bertz CT molecular complexity index is 789. The molecule has 0 spiro atoms. The van der Waals surface area contributed by atoms with Gasteiger partial charge in [0.15, 0.2) is 0 Å². The van der Waals surface area contributed by atoms with Gasteiger partial charge in [0, 0.05) is 32.1 Å². The van der Waals surface area contributed by atoms with E-state index < -0.39 is 0 Å². The van der Waals surface area contributed by atoms with E-state index in [1.807, 2.05) is 32.0 Å². The topological polar surface area (TPSA) is 49.4 Å². The minimum Gasteiger partial charge on any atom is -0.356 e. The molecule has 138 valence electrons. The highest BCUT2D eigenvalue weighted by Gasteiger charge is 2.16. The Hall–Kier alpha value is -2.69. The minimum atomic E-state index is -0.264. The highest BCUT2D eigenvalue weighted by molar-refractivity contribution is 5.93. The fraction of sp³-hybridized carbons (Fsp3) is 0.333. The van der Waals surface area contributed by atoms with Gasteiger partial charge in [-0.05, 0) is 49.1 Å². The molecular weight excluding hydrogens is 331 g/mol. The molecule has 0 unspecified atom stereocenters. The summed E-state index contributed by atoms with van der Waals surface area (Å²) in [4.78, 5) is 25.7. The molecule has 0 saturated heterocycles. The Balaban J connectivity index is 1.89. The van der Waals surface area contributed by atoms with E-state index in [0.717, 1.165) is 16.8 Å². The van der Waals surface area contributed by atoms with E-state index in [1.54, 1.807) is 23.1 Å². The third-order valence-electron chi connectivity index (χ3n) is 4.48. The highest BCUT2D eigenvalue weighted by Crippen LogP contribution is 2.23. The van der Waals surface area contributed by atoms with Crippen molar-refractivity contribution >= 4 is 17.5 Å². The molecule has 0 bridgehead atoms. The van der Waals surface area contributed by atoms with Gasteiger partial charge >= 0.3 is 0 Å². The van der Waals surface area contributed by atoms with E-state index in [1.165, 1.54) is 13.0 Å². The summed E-state index contributed by atoms with van der Waals surface area (Å²) in [6, 6.07) is 12.3. The first kappa shape index (κ1) is 19.6.